The zero-order valence-electron chi connectivity index (χ0n) is 15.8. The van der Waals surface area contributed by atoms with E-state index < -0.39 is 21.1 Å². The fourth-order valence-electron chi connectivity index (χ4n) is 3.13. The van der Waals surface area contributed by atoms with Gasteiger partial charge in [-0.15, -0.1) is 0 Å². The van der Waals surface area contributed by atoms with Crippen molar-refractivity contribution in [2.75, 3.05) is 43.7 Å². The van der Waals surface area contributed by atoms with Crippen LogP contribution in [0, 0.1) is 10.1 Å². The summed E-state index contributed by atoms with van der Waals surface area (Å²) in [5.41, 5.74) is 0.217. The summed E-state index contributed by atoms with van der Waals surface area (Å²) in [5, 5.41) is 21.4. The maximum atomic E-state index is 13.3. The monoisotopic (exact) mass is 421 g/mol. The van der Waals surface area contributed by atoms with E-state index in [4.69, 9.17) is 4.74 Å². The summed E-state index contributed by atoms with van der Waals surface area (Å²) >= 11 is 0. The van der Waals surface area contributed by atoms with Crippen LogP contribution in [0.2, 0.25) is 0 Å². The van der Waals surface area contributed by atoms with E-state index in [1.165, 1.54) is 12.1 Å². The Hall–Kier alpha value is -2.53. The number of para-hydroxylation sites is 1. The summed E-state index contributed by atoms with van der Waals surface area (Å²) in [7, 11) is -4.02. The largest absolute Gasteiger partial charge is 0.390 e. The van der Waals surface area contributed by atoms with Crippen molar-refractivity contribution in [2.24, 2.45) is 0 Å². The zero-order chi connectivity index (χ0) is 20.9. The van der Waals surface area contributed by atoms with E-state index in [2.05, 4.69) is 0 Å². The molecule has 156 valence electrons. The van der Waals surface area contributed by atoms with Crippen LogP contribution >= 0.6 is 0 Å². The number of aliphatic hydroxyl groups excluding tert-OH is 1. The van der Waals surface area contributed by atoms with Gasteiger partial charge >= 0.3 is 0 Å². The second-order valence-electron chi connectivity index (χ2n) is 6.69. The Bertz CT molecular complexity index is 915. The Morgan fingerprint density at radius 3 is 2.31 bits per heavy atom. The van der Waals surface area contributed by atoms with Gasteiger partial charge in [-0.2, -0.15) is 0 Å². The predicted molar refractivity (Wildman–Crippen MR) is 107 cm³/mol. The number of β-amino-alcohol motifs (C(OH)–C–C–N with tert-alkyl or cyclic N) is 1. The molecule has 1 saturated heterocycles. The number of non-ortho nitro benzene ring substituents is 1. The SMILES string of the molecule is O=[N+]([O-])c1ccc(S(=O)(=O)N(C[C@@H](O)CN2CCOCC2)c2ccccc2)cc1. The minimum atomic E-state index is -4.02. The first-order valence-electron chi connectivity index (χ1n) is 9.18. The number of aliphatic hydroxyl groups is 1. The maximum absolute atomic E-state index is 13.3. The molecule has 2 aromatic carbocycles. The standard InChI is InChI=1S/C19H23N3O6S/c23-18(14-20-10-12-28-13-11-20)15-21(16-4-2-1-3-5-16)29(26,27)19-8-6-17(7-9-19)22(24)25/h1-9,18,23H,10-15H2/t18-/m0/s1. The molecule has 2 aromatic rings. The summed E-state index contributed by atoms with van der Waals surface area (Å²) in [6.45, 7) is 2.70. The third kappa shape index (κ3) is 5.30. The molecule has 0 aromatic heterocycles. The quantitative estimate of drug-likeness (QED) is 0.507. The van der Waals surface area contributed by atoms with Gasteiger partial charge in [0.2, 0.25) is 0 Å². The summed E-state index contributed by atoms with van der Waals surface area (Å²) in [4.78, 5) is 12.2. The van der Waals surface area contributed by atoms with Gasteiger partial charge in [0.15, 0.2) is 0 Å². The molecule has 0 spiro atoms. The molecule has 0 amide bonds. The molecule has 9 nitrogen and oxygen atoms in total. The minimum Gasteiger partial charge on any atom is -0.390 e. The normalized spacial score (nSPS) is 16.3. The summed E-state index contributed by atoms with van der Waals surface area (Å²) in [6, 6.07) is 13.2. The van der Waals surface area contributed by atoms with E-state index in [0.29, 0.717) is 38.5 Å². The number of sulfonamides is 1. The molecule has 1 N–H and O–H groups in total. The fraction of sp³-hybridized carbons (Fsp3) is 0.368. The number of nitro benzene ring substituents is 1. The van der Waals surface area contributed by atoms with Crippen molar-refractivity contribution in [2.45, 2.75) is 11.0 Å². The van der Waals surface area contributed by atoms with Gasteiger partial charge in [-0.25, -0.2) is 8.42 Å². The molecule has 3 rings (SSSR count). The lowest BCUT2D eigenvalue weighted by Crippen LogP contribution is -2.46. The molecule has 0 saturated carbocycles. The summed E-state index contributed by atoms with van der Waals surface area (Å²) in [5.74, 6) is 0. The molecule has 29 heavy (non-hydrogen) atoms. The summed E-state index contributed by atoms with van der Waals surface area (Å²) < 4.78 is 32.9. The van der Waals surface area contributed by atoms with Gasteiger partial charge in [0.1, 0.15) is 0 Å². The molecule has 10 heteroatoms. The molecule has 1 aliphatic rings. The van der Waals surface area contributed by atoms with Crippen LogP contribution in [0.4, 0.5) is 11.4 Å². The number of rotatable bonds is 8. The van der Waals surface area contributed by atoms with Gasteiger partial charge in [-0.1, -0.05) is 18.2 Å². The summed E-state index contributed by atoms with van der Waals surface area (Å²) in [6.07, 6.45) is -0.916. The highest BCUT2D eigenvalue weighted by atomic mass is 32.2. The lowest BCUT2D eigenvalue weighted by molar-refractivity contribution is -0.384. The topological polar surface area (TPSA) is 113 Å². The highest BCUT2D eigenvalue weighted by Crippen LogP contribution is 2.25. The Morgan fingerprint density at radius 2 is 1.72 bits per heavy atom. The number of hydrogen-bond acceptors (Lipinski definition) is 7. The van der Waals surface area contributed by atoms with Gasteiger partial charge in [-0.3, -0.25) is 19.3 Å². The van der Waals surface area contributed by atoms with E-state index >= 15 is 0 Å². The van der Waals surface area contributed by atoms with Crippen LogP contribution in [0.25, 0.3) is 0 Å². The lowest BCUT2D eigenvalue weighted by Gasteiger charge is -2.31. The van der Waals surface area contributed by atoms with E-state index in [9.17, 15) is 23.6 Å². The molecule has 1 atom stereocenters. The van der Waals surface area contributed by atoms with Gasteiger partial charge in [0.05, 0.1) is 41.4 Å². The van der Waals surface area contributed by atoms with Crippen molar-refractivity contribution >= 4 is 21.4 Å². The fourth-order valence-corrected chi connectivity index (χ4v) is 4.64. The van der Waals surface area contributed by atoms with Crippen molar-refractivity contribution in [3.8, 4) is 0 Å². The van der Waals surface area contributed by atoms with Gasteiger partial charge in [-0.05, 0) is 24.3 Å². The van der Waals surface area contributed by atoms with Crippen molar-refractivity contribution < 1.29 is 23.2 Å². The smallest absolute Gasteiger partial charge is 0.269 e. The van der Waals surface area contributed by atoms with E-state index in [1.54, 1.807) is 30.3 Å². The second-order valence-corrected chi connectivity index (χ2v) is 8.55. The molecule has 1 aliphatic heterocycles. The number of morpholine rings is 1. The van der Waals surface area contributed by atoms with Crippen LogP contribution in [0.15, 0.2) is 59.5 Å². The van der Waals surface area contributed by atoms with Crippen molar-refractivity contribution in [3.63, 3.8) is 0 Å². The van der Waals surface area contributed by atoms with E-state index in [-0.39, 0.29) is 17.1 Å². The van der Waals surface area contributed by atoms with Crippen molar-refractivity contribution in [1.29, 1.82) is 0 Å². The van der Waals surface area contributed by atoms with Crippen LogP contribution in [0.1, 0.15) is 0 Å². The maximum Gasteiger partial charge on any atom is 0.269 e. The van der Waals surface area contributed by atoms with E-state index in [1.807, 2.05) is 4.90 Å². The average molecular weight is 421 g/mol. The van der Waals surface area contributed by atoms with Crippen LogP contribution < -0.4 is 4.31 Å². The molecule has 1 fully saturated rings. The minimum absolute atomic E-state index is 0.0782. The molecule has 0 aliphatic carbocycles. The zero-order valence-corrected chi connectivity index (χ0v) is 16.6. The molecule has 0 unspecified atom stereocenters. The average Bonchev–Trinajstić information content (AvgIpc) is 2.73. The Morgan fingerprint density at radius 1 is 1.10 bits per heavy atom. The van der Waals surface area contributed by atoms with E-state index in [0.717, 1.165) is 16.4 Å². The Balaban J connectivity index is 1.85. The lowest BCUT2D eigenvalue weighted by atomic mass is 10.2. The van der Waals surface area contributed by atoms with Crippen molar-refractivity contribution in [3.05, 3.63) is 64.7 Å². The third-order valence-corrected chi connectivity index (χ3v) is 6.44. The number of ether oxygens (including phenoxy) is 1. The van der Waals surface area contributed by atoms with Crippen LogP contribution in [-0.2, 0) is 14.8 Å². The highest BCUT2D eigenvalue weighted by molar-refractivity contribution is 7.92. The predicted octanol–water partition coefficient (Wildman–Crippen LogP) is 1.48. The van der Waals surface area contributed by atoms with Crippen LogP contribution in [-0.4, -0.2) is 68.8 Å². The van der Waals surface area contributed by atoms with Crippen molar-refractivity contribution in [1.82, 2.24) is 4.90 Å². The number of nitrogens with zero attached hydrogens (tertiary/aromatic N) is 3. The number of anilines is 1. The van der Waals surface area contributed by atoms with Crippen LogP contribution in [0.5, 0.6) is 0 Å². The molecular formula is C19H23N3O6S. The first kappa shape index (κ1) is 21.2. The highest BCUT2D eigenvalue weighted by Gasteiger charge is 2.28. The molecule has 1 heterocycles. The first-order valence-corrected chi connectivity index (χ1v) is 10.6. The Labute approximate surface area is 169 Å². The number of benzene rings is 2. The molecular weight excluding hydrogens is 398 g/mol. The van der Waals surface area contributed by atoms with Gasteiger partial charge in [0.25, 0.3) is 15.7 Å². The first-order chi connectivity index (χ1) is 13.9. The number of hydrogen-bond donors (Lipinski definition) is 1. The van der Waals surface area contributed by atoms with Gasteiger partial charge in [0, 0.05) is 31.8 Å². The molecule has 0 bridgehead atoms. The van der Waals surface area contributed by atoms with Crippen LogP contribution in [0.3, 0.4) is 0 Å². The second kappa shape index (κ2) is 9.31. The third-order valence-electron chi connectivity index (χ3n) is 4.63. The Kier molecular flexibility index (Phi) is 6.80. The molecule has 0 radical (unpaired) electrons. The number of nitro groups is 1. The van der Waals surface area contributed by atoms with Gasteiger partial charge < -0.3 is 9.84 Å².